The van der Waals surface area contributed by atoms with Crippen molar-refractivity contribution >= 4 is 33.2 Å². The van der Waals surface area contributed by atoms with Crippen LogP contribution in [0.4, 0.5) is 4.39 Å². The third kappa shape index (κ3) is 2.51. The Morgan fingerprint density at radius 3 is 3.00 bits per heavy atom. The Hall–Kier alpha value is -1.95. The Bertz CT molecular complexity index is 683. The summed E-state index contributed by atoms with van der Waals surface area (Å²) in [6.45, 7) is 1.41. The molecule has 1 N–H and O–H groups in total. The fraction of sp³-hybridized carbons (Fsp3) is 0.286. The Labute approximate surface area is 119 Å². The van der Waals surface area contributed by atoms with Crippen molar-refractivity contribution < 1.29 is 14.0 Å². The summed E-state index contributed by atoms with van der Waals surface area (Å²) in [7, 11) is 0. The molecule has 3 rings (SSSR count). The molecular weight excluding hydrogens is 279 g/mol. The van der Waals surface area contributed by atoms with Gasteiger partial charge >= 0.3 is 0 Å². The molecule has 1 fully saturated rings. The minimum Gasteiger partial charge on any atom is -0.354 e. The van der Waals surface area contributed by atoms with Crippen LogP contribution in [-0.2, 0) is 4.79 Å². The molecule has 6 heteroatoms. The molecule has 1 aliphatic rings. The van der Waals surface area contributed by atoms with Crippen molar-refractivity contribution in [2.24, 2.45) is 0 Å². The molecule has 20 heavy (non-hydrogen) atoms. The first-order chi connectivity index (χ1) is 9.63. The maximum atomic E-state index is 13.2. The third-order valence-corrected chi connectivity index (χ3v) is 4.38. The van der Waals surface area contributed by atoms with Gasteiger partial charge in [0, 0.05) is 30.8 Å². The fourth-order valence-corrected chi connectivity index (χ4v) is 3.29. The summed E-state index contributed by atoms with van der Waals surface area (Å²) >= 11 is 1.28. The second-order valence-corrected chi connectivity index (χ2v) is 5.77. The van der Waals surface area contributed by atoms with Gasteiger partial charge in [-0.05, 0) is 23.6 Å². The van der Waals surface area contributed by atoms with Crippen LogP contribution >= 0.6 is 11.3 Å². The average Bonchev–Trinajstić information content (AvgIpc) is 2.72. The number of nitrogens with one attached hydrogen (secondary N) is 1. The molecule has 1 aromatic heterocycles. The molecule has 2 amide bonds. The summed E-state index contributed by atoms with van der Waals surface area (Å²) in [5.41, 5.74) is 0. The number of benzene rings is 1. The molecule has 0 atom stereocenters. The lowest BCUT2D eigenvalue weighted by Gasteiger charge is -2.18. The Morgan fingerprint density at radius 2 is 2.15 bits per heavy atom. The summed E-state index contributed by atoms with van der Waals surface area (Å²) in [4.78, 5) is 25.9. The number of nitrogens with zero attached hydrogens (tertiary/aromatic N) is 1. The van der Waals surface area contributed by atoms with E-state index in [1.807, 2.05) is 0 Å². The smallest absolute Gasteiger partial charge is 0.264 e. The van der Waals surface area contributed by atoms with Crippen molar-refractivity contribution in [3.8, 4) is 0 Å². The molecule has 1 aliphatic heterocycles. The number of rotatable bonds is 1. The molecule has 0 unspecified atom stereocenters. The van der Waals surface area contributed by atoms with Gasteiger partial charge in [0.05, 0.1) is 4.88 Å². The largest absolute Gasteiger partial charge is 0.354 e. The topological polar surface area (TPSA) is 49.4 Å². The van der Waals surface area contributed by atoms with Crippen molar-refractivity contribution in [1.82, 2.24) is 10.2 Å². The highest BCUT2D eigenvalue weighted by Gasteiger charge is 2.21. The van der Waals surface area contributed by atoms with Crippen LogP contribution in [0.15, 0.2) is 24.3 Å². The van der Waals surface area contributed by atoms with Crippen LogP contribution < -0.4 is 5.32 Å². The number of carbonyl (C=O) groups excluding carboxylic acids is 2. The van der Waals surface area contributed by atoms with E-state index >= 15 is 0 Å². The van der Waals surface area contributed by atoms with Crippen LogP contribution in [0, 0.1) is 5.82 Å². The number of carbonyl (C=O) groups is 2. The van der Waals surface area contributed by atoms with Gasteiger partial charge < -0.3 is 10.2 Å². The summed E-state index contributed by atoms with van der Waals surface area (Å²) in [6.07, 6.45) is 0.325. The molecular formula is C14H13FN2O2S. The average molecular weight is 292 g/mol. The summed E-state index contributed by atoms with van der Waals surface area (Å²) in [5.74, 6) is -0.426. The van der Waals surface area contributed by atoms with Crippen LogP contribution in [0.2, 0.25) is 0 Å². The van der Waals surface area contributed by atoms with Crippen molar-refractivity contribution in [3.05, 3.63) is 35.0 Å². The highest BCUT2D eigenvalue weighted by atomic mass is 32.1. The Kier molecular flexibility index (Phi) is 3.40. The quantitative estimate of drug-likeness (QED) is 0.874. The zero-order chi connectivity index (χ0) is 14.1. The Morgan fingerprint density at radius 1 is 1.30 bits per heavy atom. The second-order valence-electron chi connectivity index (χ2n) is 4.68. The third-order valence-electron chi connectivity index (χ3n) is 3.29. The van der Waals surface area contributed by atoms with E-state index in [4.69, 9.17) is 0 Å². The van der Waals surface area contributed by atoms with Gasteiger partial charge in [0.25, 0.3) is 5.91 Å². The first-order valence-corrected chi connectivity index (χ1v) is 7.20. The maximum Gasteiger partial charge on any atom is 0.264 e. The second kappa shape index (κ2) is 5.20. The van der Waals surface area contributed by atoms with E-state index in [1.54, 1.807) is 17.0 Å². The fourth-order valence-electron chi connectivity index (χ4n) is 2.24. The van der Waals surface area contributed by atoms with Crippen molar-refractivity contribution in [3.63, 3.8) is 0 Å². The predicted molar refractivity (Wildman–Crippen MR) is 75.3 cm³/mol. The molecule has 0 spiro atoms. The van der Waals surface area contributed by atoms with E-state index in [0.717, 1.165) is 10.1 Å². The predicted octanol–water partition coefficient (Wildman–Crippen LogP) is 2.00. The number of amides is 2. The van der Waals surface area contributed by atoms with Crippen LogP contribution in [0.3, 0.4) is 0 Å². The molecule has 1 aromatic carbocycles. The van der Waals surface area contributed by atoms with Crippen molar-refractivity contribution in [2.45, 2.75) is 6.42 Å². The number of hydrogen-bond acceptors (Lipinski definition) is 3. The van der Waals surface area contributed by atoms with E-state index in [-0.39, 0.29) is 17.6 Å². The molecule has 4 nitrogen and oxygen atoms in total. The molecule has 0 bridgehead atoms. The number of fused-ring (bicyclic) bond motifs is 1. The maximum absolute atomic E-state index is 13.2. The number of halogens is 1. The minimum atomic E-state index is -0.303. The molecule has 0 saturated carbocycles. The van der Waals surface area contributed by atoms with E-state index in [0.29, 0.717) is 30.9 Å². The Balaban J connectivity index is 1.86. The molecule has 2 aromatic rings. The van der Waals surface area contributed by atoms with E-state index in [2.05, 4.69) is 5.32 Å². The van der Waals surface area contributed by atoms with Crippen LogP contribution in [0.5, 0.6) is 0 Å². The monoisotopic (exact) mass is 292 g/mol. The van der Waals surface area contributed by atoms with Gasteiger partial charge in [0.2, 0.25) is 5.91 Å². The normalized spacial score (nSPS) is 16.1. The first-order valence-electron chi connectivity index (χ1n) is 6.38. The van der Waals surface area contributed by atoms with Crippen LogP contribution in [0.25, 0.3) is 10.1 Å². The zero-order valence-electron chi connectivity index (χ0n) is 10.7. The standard InChI is InChI=1S/C14H13FN2O2S/c15-10-2-1-9-7-12(20-11(9)8-10)14(19)17-5-3-13(18)16-4-6-17/h1-2,7-8H,3-6H2,(H,16,18). The highest BCUT2D eigenvalue weighted by Crippen LogP contribution is 2.27. The van der Waals surface area contributed by atoms with Gasteiger partial charge in [-0.2, -0.15) is 0 Å². The van der Waals surface area contributed by atoms with Crippen LogP contribution in [0.1, 0.15) is 16.1 Å². The first kappa shape index (κ1) is 13.1. The summed E-state index contributed by atoms with van der Waals surface area (Å²) in [5, 5.41) is 3.60. The van der Waals surface area contributed by atoms with Gasteiger partial charge in [0.1, 0.15) is 5.82 Å². The number of thiophene rings is 1. The minimum absolute atomic E-state index is 0.0290. The van der Waals surface area contributed by atoms with E-state index in [1.165, 1.54) is 23.5 Å². The molecule has 104 valence electrons. The van der Waals surface area contributed by atoms with E-state index < -0.39 is 0 Å². The zero-order valence-corrected chi connectivity index (χ0v) is 11.5. The van der Waals surface area contributed by atoms with Crippen molar-refractivity contribution in [2.75, 3.05) is 19.6 Å². The summed E-state index contributed by atoms with van der Waals surface area (Å²) in [6, 6.07) is 6.27. The number of hydrogen-bond donors (Lipinski definition) is 1. The SMILES string of the molecule is O=C1CCN(C(=O)c2cc3ccc(F)cc3s2)CCN1. The van der Waals surface area contributed by atoms with Gasteiger partial charge in [-0.25, -0.2) is 4.39 Å². The van der Waals surface area contributed by atoms with Gasteiger partial charge in [-0.3, -0.25) is 9.59 Å². The molecule has 1 saturated heterocycles. The van der Waals surface area contributed by atoms with Gasteiger partial charge in [0.15, 0.2) is 0 Å². The van der Waals surface area contributed by atoms with E-state index in [9.17, 15) is 14.0 Å². The molecule has 0 radical (unpaired) electrons. The lowest BCUT2D eigenvalue weighted by atomic mass is 10.2. The molecule has 2 heterocycles. The van der Waals surface area contributed by atoms with Gasteiger partial charge in [-0.15, -0.1) is 11.3 Å². The van der Waals surface area contributed by atoms with Crippen LogP contribution in [-0.4, -0.2) is 36.3 Å². The summed E-state index contributed by atoms with van der Waals surface area (Å²) < 4.78 is 13.9. The highest BCUT2D eigenvalue weighted by molar-refractivity contribution is 7.20. The lowest BCUT2D eigenvalue weighted by molar-refractivity contribution is -0.120. The van der Waals surface area contributed by atoms with Gasteiger partial charge in [-0.1, -0.05) is 6.07 Å². The lowest BCUT2D eigenvalue weighted by Crippen LogP contribution is -2.33. The van der Waals surface area contributed by atoms with Crippen molar-refractivity contribution in [1.29, 1.82) is 0 Å². The molecule has 0 aliphatic carbocycles.